The van der Waals surface area contributed by atoms with E-state index in [1.807, 2.05) is 17.4 Å². The minimum Gasteiger partial charge on any atom is -0.497 e. The summed E-state index contributed by atoms with van der Waals surface area (Å²) in [5, 5.41) is 4.72. The summed E-state index contributed by atoms with van der Waals surface area (Å²) in [7, 11) is 3.42. The fraction of sp³-hybridized carbons (Fsp3) is 0.500. The van der Waals surface area contributed by atoms with Gasteiger partial charge in [-0.15, -0.1) is 11.3 Å². The molecule has 1 N–H and O–H groups in total. The number of hydrogen-bond donors (Lipinski definition) is 1. The molecule has 108 valence electrons. The lowest BCUT2D eigenvalue weighted by Crippen LogP contribution is -2.34. The van der Waals surface area contributed by atoms with Crippen LogP contribution in [0.1, 0.15) is 30.6 Å². The Hall–Kier alpha value is -1.26. The van der Waals surface area contributed by atoms with Crippen LogP contribution in [0.5, 0.6) is 11.5 Å². The molecular formula is C16H21NO2S. The second kappa shape index (κ2) is 5.62. The van der Waals surface area contributed by atoms with Crippen molar-refractivity contribution in [2.75, 3.05) is 20.8 Å². The van der Waals surface area contributed by atoms with Crippen LogP contribution in [-0.2, 0) is 0 Å². The molecule has 0 amide bonds. The molecule has 1 aliphatic rings. The minimum absolute atomic E-state index is 0.607. The molecule has 1 aromatic heterocycles. The van der Waals surface area contributed by atoms with Crippen LogP contribution in [0.2, 0.25) is 0 Å². The highest BCUT2D eigenvalue weighted by atomic mass is 32.1. The van der Waals surface area contributed by atoms with Gasteiger partial charge in [-0.1, -0.05) is 0 Å². The fourth-order valence-corrected chi connectivity index (χ4v) is 4.24. The number of methoxy groups -OCH3 is 2. The zero-order chi connectivity index (χ0) is 14.1. The van der Waals surface area contributed by atoms with E-state index in [0.29, 0.717) is 12.0 Å². The van der Waals surface area contributed by atoms with Crippen LogP contribution in [0, 0.1) is 0 Å². The molecule has 4 heteroatoms. The molecular weight excluding hydrogens is 270 g/mol. The van der Waals surface area contributed by atoms with Crippen molar-refractivity contribution in [1.82, 2.24) is 5.32 Å². The molecule has 1 aliphatic heterocycles. The Labute approximate surface area is 123 Å². The molecule has 1 fully saturated rings. The number of nitrogens with one attached hydrogen (secondary N) is 1. The van der Waals surface area contributed by atoms with Crippen molar-refractivity contribution in [1.29, 1.82) is 0 Å². The predicted octanol–water partition coefficient (Wildman–Crippen LogP) is 3.77. The predicted molar refractivity (Wildman–Crippen MR) is 84.4 cm³/mol. The van der Waals surface area contributed by atoms with Gasteiger partial charge in [-0.3, -0.25) is 0 Å². The number of hydrogen-bond acceptors (Lipinski definition) is 4. The summed E-state index contributed by atoms with van der Waals surface area (Å²) in [5.41, 5.74) is 0. The van der Waals surface area contributed by atoms with E-state index in [1.54, 1.807) is 14.2 Å². The smallest absolute Gasteiger partial charge is 0.131 e. The van der Waals surface area contributed by atoms with Crippen LogP contribution in [0.25, 0.3) is 10.1 Å². The van der Waals surface area contributed by atoms with Crippen LogP contribution in [0.3, 0.4) is 0 Å². The van der Waals surface area contributed by atoms with E-state index in [1.165, 1.54) is 27.8 Å². The Balaban J connectivity index is 2.01. The second-order valence-electron chi connectivity index (χ2n) is 5.47. The van der Waals surface area contributed by atoms with Gasteiger partial charge in [0.1, 0.15) is 11.5 Å². The highest BCUT2D eigenvalue weighted by molar-refractivity contribution is 7.19. The first-order valence-corrected chi connectivity index (χ1v) is 7.91. The second-order valence-corrected chi connectivity index (χ2v) is 6.58. The van der Waals surface area contributed by atoms with Crippen LogP contribution < -0.4 is 14.8 Å². The summed E-state index contributed by atoms with van der Waals surface area (Å²) in [4.78, 5) is 1.47. The van der Waals surface area contributed by atoms with E-state index in [9.17, 15) is 0 Å². The van der Waals surface area contributed by atoms with E-state index in [2.05, 4.69) is 24.4 Å². The van der Waals surface area contributed by atoms with Crippen LogP contribution in [0.15, 0.2) is 18.2 Å². The maximum atomic E-state index is 5.51. The first-order chi connectivity index (χ1) is 9.71. The number of benzene rings is 1. The molecule has 3 nitrogen and oxygen atoms in total. The van der Waals surface area contributed by atoms with Crippen molar-refractivity contribution in [2.45, 2.75) is 31.7 Å². The van der Waals surface area contributed by atoms with Gasteiger partial charge in [-0.2, -0.15) is 0 Å². The zero-order valence-electron chi connectivity index (χ0n) is 12.2. The maximum Gasteiger partial charge on any atom is 0.131 e. The topological polar surface area (TPSA) is 30.5 Å². The van der Waals surface area contributed by atoms with E-state index >= 15 is 0 Å². The standard InChI is InChI=1S/C16H21NO2S/c1-10-6-11(4-5-17-10)15-9-13-14(19-3)7-12(18-2)8-16(13)20-15/h7-11,17H,4-6H2,1-3H3/t10-,11+/m1/s1. The van der Waals surface area contributed by atoms with Crippen molar-refractivity contribution < 1.29 is 9.47 Å². The zero-order valence-corrected chi connectivity index (χ0v) is 13.0. The Morgan fingerprint density at radius 1 is 1.20 bits per heavy atom. The van der Waals surface area contributed by atoms with E-state index in [-0.39, 0.29) is 0 Å². The Kier molecular flexibility index (Phi) is 3.85. The Bertz CT molecular complexity index is 608. The molecule has 20 heavy (non-hydrogen) atoms. The van der Waals surface area contributed by atoms with Gasteiger partial charge in [0.2, 0.25) is 0 Å². The number of fused-ring (bicyclic) bond motifs is 1. The summed E-state index contributed by atoms with van der Waals surface area (Å²) < 4.78 is 12.1. The Morgan fingerprint density at radius 2 is 2.05 bits per heavy atom. The number of piperidine rings is 1. The van der Waals surface area contributed by atoms with Gasteiger partial charge in [0.15, 0.2) is 0 Å². The fourth-order valence-electron chi connectivity index (χ4n) is 2.98. The van der Waals surface area contributed by atoms with Crippen molar-refractivity contribution in [3.63, 3.8) is 0 Å². The van der Waals surface area contributed by atoms with Crippen molar-refractivity contribution in [2.24, 2.45) is 0 Å². The van der Waals surface area contributed by atoms with Gasteiger partial charge in [0.05, 0.1) is 14.2 Å². The van der Waals surface area contributed by atoms with Gasteiger partial charge >= 0.3 is 0 Å². The summed E-state index contributed by atoms with van der Waals surface area (Å²) >= 11 is 1.88. The molecule has 0 spiro atoms. The highest BCUT2D eigenvalue weighted by Crippen LogP contribution is 2.41. The van der Waals surface area contributed by atoms with E-state index < -0.39 is 0 Å². The van der Waals surface area contributed by atoms with Gasteiger partial charge in [0.25, 0.3) is 0 Å². The van der Waals surface area contributed by atoms with E-state index in [0.717, 1.165) is 18.0 Å². The number of rotatable bonds is 3. The molecule has 0 aliphatic carbocycles. The first-order valence-electron chi connectivity index (χ1n) is 7.10. The molecule has 2 heterocycles. The third-order valence-electron chi connectivity index (χ3n) is 4.07. The van der Waals surface area contributed by atoms with Gasteiger partial charge in [-0.05, 0) is 44.4 Å². The first kappa shape index (κ1) is 13.7. The maximum absolute atomic E-state index is 5.51. The quantitative estimate of drug-likeness (QED) is 0.933. The molecule has 1 saturated heterocycles. The molecule has 0 unspecified atom stereocenters. The molecule has 0 radical (unpaired) electrons. The monoisotopic (exact) mass is 291 g/mol. The van der Waals surface area contributed by atoms with Crippen LogP contribution in [0.4, 0.5) is 0 Å². The molecule has 2 atom stereocenters. The van der Waals surface area contributed by atoms with Crippen molar-refractivity contribution in [3.8, 4) is 11.5 Å². The van der Waals surface area contributed by atoms with Gasteiger partial charge < -0.3 is 14.8 Å². The SMILES string of the molecule is COc1cc(OC)c2cc([C@H]3CCN[C@H](C)C3)sc2c1. The lowest BCUT2D eigenvalue weighted by Gasteiger charge is -2.27. The highest BCUT2D eigenvalue weighted by Gasteiger charge is 2.22. The summed E-state index contributed by atoms with van der Waals surface area (Å²) in [6.45, 7) is 3.38. The molecule has 3 rings (SSSR count). The van der Waals surface area contributed by atoms with Crippen molar-refractivity contribution in [3.05, 3.63) is 23.1 Å². The van der Waals surface area contributed by atoms with Crippen LogP contribution in [-0.4, -0.2) is 26.8 Å². The largest absolute Gasteiger partial charge is 0.497 e. The average Bonchev–Trinajstić information content (AvgIpc) is 2.90. The average molecular weight is 291 g/mol. The minimum atomic E-state index is 0.607. The molecule has 0 bridgehead atoms. The molecule has 1 aromatic carbocycles. The molecule has 0 saturated carbocycles. The van der Waals surface area contributed by atoms with Crippen LogP contribution >= 0.6 is 11.3 Å². The number of ether oxygens (including phenoxy) is 2. The van der Waals surface area contributed by atoms with Gasteiger partial charge in [0, 0.05) is 27.1 Å². The Morgan fingerprint density at radius 3 is 2.75 bits per heavy atom. The van der Waals surface area contributed by atoms with Gasteiger partial charge in [-0.25, -0.2) is 0 Å². The lowest BCUT2D eigenvalue weighted by atomic mass is 9.92. The number of thiophene rings is 1. The van der Waals surface area contributed by atoms with Crippen molar-refractivity contribution >= 4 is 21.4 Å². The lowest BCUT2D eigenvalue weighted by molar-refractivity contribution is 0.384. The third-order valence-corrected chi connectivity index (χ3v) is 5.32. The summed E-state index contributed by atoms with van der Waals surface area (Å²) in [6, 6.07) is 6.98. The van der Waals surface area contributed by atoms with E-state index in [4.69, 9.17) is 9.47 Å². The summed E-state index contributed by atoms with van der Waals surface area (Å²) in [6.07, 6.45) is 2.43. The summed E-state index contributed by atoms with van der Waals surface area (Å²) in [5.74, 6) is 2.43. The third kappa shape index (κ3) is 2.50. The normalized spacial score (nSPS) is 22.9. The molecule has 2 aromatic rings.